The largest absolute Gasteiger partial charge is 0.497 e. The van der Waals surface area contributed by atoms with E-state index in [9.17, 15) is 9.59 Å². The average Bonchev–Trinajstić information content (AvgIpc) is 2.50. The Balaban J connectivity index is 1.98. The Labute approximate surface area is 139 Å². The molecule has 0 radical (unpaired) electrons. The Hall–Kier alpha value is -2.53. The Morgan fingerprint density at radius 1 is 1.04 bits per heavy atom. The van der Waals surface area contributed by atoms with Gasteiger partial charge in [0.15, 0.2) is 0 Å². The molecule has 0 aliphatic carbocycles. The summed E-state index contributed by atoms with van der Waals surface area (Å²) < 4.78 is 5.07. The summed E-state index contributed by atoms with van der Waals surface area (Å²) in [5.74, 6) is 0.327. The maximum atomic E-state index is 12.1. The maximum Gasteiger partial charge on any atom is 0.228 e. The molecule has 0 aliphatic heterocycles. The van der Waals surface area contributed by atoms with Crippen molar-refractivity contribution in [2.45, 2.75) is 13.3 Å². The quantitative estimate of drug-likeness (QED) is 0.880. The van der Waals surface area contributed by atoms with Crippen molar-refractivity contribution in [2.75, 3.05) is 17.7 Å². The highest BCUT2D eigenvalue weighted by atomic mass is 35.5. The molecule has 2 aromatic carbocycles. The van der Waals surface area contributed by atoms with Gasteiger partial charge in [-0.25, -0.2) is 0 Å². The minimum Gasteiger partial charge on any atom is -0.497 e. The average molecular weight is 333 g/mol. The van der Waals surface area contributed by atoms with Crippen LogP contribution in [0.1, 0.15) is 12.5 Å². The number of benzene rings is 2. The van der Waals surface area contributed by atoms with Gasteiger partial charge >= 0.3 is 0 Å². The van der Waals surface area contributed by atoms with Crippen molar-refractivity contribution in [1.29, 1.82) is 0 Å². The van der Waals surface area contributed by atoms with Crippen LogP contribution < -0.4 is 15.4 Å². The third-order valence-electron chi connectivity index (χ3n) is 3.10. The molecular weight excluding hydrogens is 316 g/mol. The molecule has 0 spiro atoms. The first-order valence-corrected chi connectivity index (χ1v) is 7.35. The van der Waals surface area contributed by atoms with E-state index in [0.29, 0.717) is 22.1 Å². The topological polar surface area (TPSA) is 67.4 Å². The SMILES string of the molecule is COc1ccc(CC(=O)Nc2ccc(NC(C)=O)cc2)c(Cl)c1. The number of amides is 2. The summed E-state index contributed by atoms with van der Waals surface area (Å²) in [6.45, 7) is 1.44. The first-order chi connectivity index (χ1) is 11.0. The lowest BCUT2D eigenvalue weighted by molar-refractivity contribution is -0.116. The summed E-state index contributed by atoms with van der Waals surface area (Å²) in [5, 5.41) is 5.93. The zero-order valence-electron chi connectivity index (χ0n) is 12.9. The molecule has 0 aromatic heterocycles. The van der Waals surface area contributed by atoms with Crippen molar-refractivity contribution in [2.24, 2.45) is 0 Å². The van der Waals surface area contributed by atoms with Gasteiger partial charge < -0.3 is 15.4 Å². The van der Waals surface area contributed by atoms with E-state index in [0.717, 1.165) is 5.56 Å². The number of hydrogen-bond donors (Lipinski definition) is 2. The van der Waals surface area contributed by atoms with E-state index in [1.54, 1.807) is 49.6 Å². The smallest absolute Gasteiger partial charge is 0.228 e. The van der Waals surface area contributed by atoms with E-state index in [4.69, 9.17) is 16.3 Å². The Bertz CT molecular complexity index is 714. The molecule has 2 amide bonds. The minimum absolute atomic E-state index is 0.143. The Kier molecular flexibility index (Phi) is 5.60. The van der Waals surface area contributed by atoms with E-state index in [-0.39, 0.29) is 18.2 Å². The fraction of sp³-hybridized carbons (Fsp3) is 0.176. The molecule has 2 aromatic rings. The molecule has 6 heteroatoms. The number of methoxy groups -OCH3 is 1. The van der Waals surface area contributed by atoms with E-state index >= 15 is 0 Å². The standard InChI is InChI=1S/C17H17ClN2O3/c1-11(21)19-13-4-6-14(7-5-13)20-17(22)9-12-3-8-15(23-2)10-16(12)18/h3-8,10H,9H2,1-2H3,(H,19,21)(H,20,22). The zero-order valence-corrected chi connectivity index (χ0v) is 13.6. The second kappa shape index (κ2) is 7.65. The monoisotopic (exact) mass is 332 g/mol. The van der Waals surface area contributed by atoms with Crippen molar-refractivity contribution in [3.8, 4) is 5.75 Å². The number of carbonyl (C=O) groups excluding carboxylic acids is 2. The first-order valence-electron chi connectivity index (χ1n) is 6.98. The highest BCUT2D eigenvalue weighted by Gasteiger charge is 2.09. The molecule has 0 fully saturated rings. The molecule has 0 heterocycles. The third-order valence-corrected chi connectivity index (χ3v) is 3.45. The van der Waals surface area contributed by atoms with Crippen molar-refractivity contribution >= 4 is 34.8 Å². The lowest BCUT2D eigenvalue weighted by Crippen LogP contribution is -2.14. The molecule has 0 saturated heterocycles. The van der Waals surface area contributed by atoms with Crippen molar-refractivity contribution < 1.29 is 14.3 Å². The Morgan fingerprint density at radius 2 is 1.65 bits per heavy atom. The van der Waals surface area contributed by atoms with Crippen LogP contribution in [0.5, 0.6) is 5.75 Å². The zero-order chi connectivity index (χ0) is 16.8. The van der Waals surface area contributed by atoms with Gasteiger partial charge in [0.05, 0.1) is 13.5 Å². The van der Waals surface area contributed by atoms with E-state index < -0.39 is 0 Å². The summed E-state index contributed by atoms with van der Waals surface area (Å²) in [6, 6.07) is 12.1. The van der Waals surface area contributed by atoms with Gasteiger partial charge in [-0.15, -0.1) is 0 Å². The van der Waals surface area contributed by atoms with Gasteiger partial charge in [0.2, 0.25) is 11.8 Å². The van der Waals surface area contributed by atoms with Crippen LogP contribution in [0.15, 0.2) is 42.5 Å². The summed E-state index contributed by atoms with van der Waals surface area (Å²) in [7, 11) is 1.56. The highest BCUT2D eigenvalue weighted by Crippen LogP contribution is 2.23. The number of anilines is 2. The van der Waals surface area contributed by atoms with Crippen LogP contribution in [-0.2, 0) is 16.0 Å². The number of nitrogens with one attached hydrogen (secondary N) is 2. The van der Waals surface area contributed by atoms with Crippen molar-refractivity contribution in [3.63, 3.8) is 0 Å². The van der Waals surface area contributed by atoms with Gasteiger partial charge in [-0.2, -0.15) is 0 Å². The Morgan fingerprint density at radius 3 is 2.17 bits per heavy atom. The number of rotatable bonds is 5. The number of carbonyl (C=O) groups is 2. The van der Waals surface area contributed by atoms with E-state index in [2.05, 4.69) is 10.6 Å². The molecule has 0 saturated carbocycles. The molecule has 5 nitrogen and oxygen atoms in total. The van der Waals surface area contributed by atoms with Crippen LogP contribution in [-0.4, -0.2) is 18.9 Å². The number of halogens is 1. The van der Waals surface area contributed by atoms with Crippen molar-refractivity contribution in [1.82, 2.24) is 0 Å². The summed E-state index contributed by atoms with van der Waals surface area (Å²) in [5.41, 5.74) is 2.04. The second-order valence-corrected chi connectivity index (χ2v) is 5.35. The molecule has 23 heavy (non-hydrogen) atoms. The van der Waals surface area contributed by atoms with Gasteiger partial charge in [0, 0.05) is 23.3 Å². The highest BCUT2D eigenvalue weighted by molar-refractivity contribution is 6.31. The fourth-order valence-corrected chi connectivity index (χ4v) is 2.25. The summed E-state index contributed by atoms with van der Waals surface area (Å²) >= 11 is 6.12. The van der Waals surface area contributed by atoms with Gasteiger partial charge in [0.1, 0.15) is 5.75 Å². The molecule has 2 rings (SSSR count). The van der Waals surface area contributed by atoms with Crippen LogP contribution in [0.2, 0.25) is 5.02 Å². The van der Waals surface area contributed by atoms with Crippen LogP contribution >= 0.6 is 11.6 Å². The fourth-order valence-electron chi connectivity index (χ4n) is 2.02. The van der Waals surface area contributed by atoms with E-state index in [1.807, 2.05) is 0 Å². The normalized spacial score (nSPS) is 10.0. The summed E-state index contributed by atoms with van der Waals surface area (Å²) in [4.78, 5) is 23.0. The van der Waals surface area contributed by atoms with Gasteiger partial charge in [0.25, 0.3) is 0 Å². The predicted octanol–water partition coefficient (Wildman–Crippen LogP) is 3.49. The molecule has 120 valence electrons. The molecule has 0 bridgehead atoms. The summed E-state index contributed by atoms with van der Waals surface area (Å²) in [6.07, 6.45) is 0.163. The van der Waals surface area contributed by atoms with Crippen LogP contribution in [0.25, 0.3) is 0 Å². The van der Waals surface area contributed by atoms with Gasteiger partial charge in [-0.3, -0.25) is 9.59 Å². The third kappa shape index (κ3) is 5.00. The van der Waals surface area contributed by atoms with Crippen LogP contribution in [0.3, 0.4) is 0 Å². The second-order valence-electron chi connectivity index (χ2n) is 4.94. The van der Waals surface area contributed by atoms with Gasteiger partial charge in [-0.1, -0.05) is 17.7 Å². The number of ether oxygens (including phenoxy) is 1. The molecule has 0 unspecified atom stereocenters. The predicted molar refractivity (Wildman–Crippen MR) is 91.1 cm³/mol. The molecule has 0 atom stereocenters. The lowest BCUT2D eigenvalue weighted by Gasteiger charge is -2.09. The lowest BCUT2D eigenvalue weighted by atomic mass is 10.1. The first kappa shape index (κ1) is 16.8. The molecular formula is C17H17ClN2O3. The van der Waals surface area contributed by atoms with Gasteiger partial charge in [-0.05, 0) is 42.0 Å². The van der Waals surface area contributed by atoms with E-state index in [1.165, 1.54) is 6.92 Å². The minimum atomic E-state index is -0.177. The van der Waals surface area contributed by atoms with Crippen LogP contribution in [0, 0.1) is 0 Å². The number of hydrogen-bond acceptors (Lipinski definition) is 3. The van der Waals surface area contributed by atoms with Crippen molar-refractivity contribution in [3.05, 3.63) is 53.1 Å². The van der Waals surface area contributed by atoms with Crippen LogP contribution in [0.4, 0.5) is 11.4 Å². The molecule has 0 aliphatic rings. The molecule has 2 N–H and O–H groups in total. The maximum absolute atomic E-state index is 12.1.